The molecule has 0 bridgehead atoms. The van der Waals surface area contributed by atoms with E-state index in [1.807, 2.05) is 0 Å². The Balaban J connectivity index is 0.00000420. The molecule has 1 amide bonds. The van der Waals surface area contributed by atoms with Gasteiger partial charge in [0.15, 0.2) is 5.82 Å². The molecule has 2 aromatic rings. The third kappa shape index (κ3) is 7.75. The Labute approximate surface area is 185 Å². The fourth-order valence-corrected chi connectivity index (χ4v) is 2.65. The Morgan fingerprint density at radius 3 is 2.43 bits per heavy atom. The summed E-state index contributed by atoms with van der Waals surface area (Å²) >= 11 is 0. The first-order chi connectivity index (χ1) is 13.2. The second-order valence-electron chi connectivity index (χ2n) is 6.23. The highest BCUT2D eigenvalue weighted by Crippen LogP contribution is 2.29. The van der Waals surface area contributed by atoms with Crippen molar-refractivity contribution in [1.82, 2.24) is 25.4 Å². The van der Waals surface area contributed by atoms with Gasteiger partial charge in [0.25, 0.3) is 0 Å². The first kappa shape index (κ1) is 28.1. The third-order valence-electron chi connectivity index (χ3n) is 4.18. The zero-order valence-electron chi connectivity index (χ0n) is 16.9. The van der Waals surface area contributed by atoms with Crippen molar-refractivity contribution in [2.24, 2.45) is 0 Å². The molecule has 0 aliphatic rings. The maximum absolute atomic E-state index is 12.7. The minimum atomic E-state index is -4.44. The lowest BCUT2D eigenvalue weighted by atomic mass is 10.1. The Kier molecular flexibility index (Phi) is 11.9. The Morgan fingerprint density at radius 2 is 1.87 bits per heavy atom. The number of hydrogen-bond donors (Lipinski definition) is 2. The van der Waals surface area contributed by atoms with E-state index in [0.717, 1.165) is 17.8 Å². The van der Waals surface area contributed by atoms with Gasteiger partial charge < -0.3 is 15.4 Å². The first-order valence-corrected chi connectivity index (χ1v) is 8.79. The lowest BCUT2D eigenvalue weighted by molar-refractivity contribution is -0.137. The van der Waals surface area contributed by atoms with E-state index in [9.17, 15) is 18.0 Å². The van der Waals surface area contributed by atoms with Crippen LogP contribution in [0.15, 0.2) is 18.3 Å². The zero-order chi connectivity index (χ0) is 20.7. The van der Waals surface area contributed by atoms with Gasteiger partial charge in [-0.15, -0.1) is 24.8 Å². The fraction of sp³-hybridized carbons (Fsp3) is 0.500. The Hall–Kier alpha value is -1.88. The number of pyridine rings is 1. The topological polar surface area (TPSA) is 81.1 Å². The molecule has 0 spiro atoms. The number of nitrogens with zero attached hydrogens (tertiary/aromatic N) is 3. The van der Waals surface area contributed by atoms with Crippen LogP contribution in [0.1, 0.15) is 22.5 Å². The van der Waals surface area contributed by atoms with Crippen LogP contribution in [0.3, 0.4) is 0 Å². The minimum absolute atomic E-state index is 0. The van der Waals surface area contributed by atoms with E-state index >= 15 is 0 Å². The number of hydrogen-bond acceptors (Lipinski definition) is 5. The van der Waals surface area contributed by atoms with Crippen LogP contribution >= 0.6 is 24.8 Å². The van der Waals surface area contributed by atoms with Gasteiger partial charge in [0, 0.05) is 44.2 Å². The van der Waals surface area contributed by atoms with Crippen LogP contribution in [0.2, 0.25) is 0 Å². The number of alkyl halides is 3. The summed E-state index contributed by atoms with van der Waals surface area (Å²) < 4.78 is 44.4. The number of amides is 1. The fourth-order valence-electron chi connectivity index (χ4n) is 2.65. The van der Waals surface area contributed by atoms with Crippen molar-refractivity contribution in [2.75, 3.05) is 33.4 Å². The molecular formula is C18H26Cl2F3N5O2. The number of aryl methyl sites for hydroxylation is 1. The van der Waals surface area contributed by atoms with Gasteiger partial charge >= 0.3 is 6.18 Å². The van der Waals surface area contributed by atoms with Gasteiger partial charge in [0.2, 0.25) is 5.91 Å². The monoisotopic (exact) mass is 471 g/mol. The van der Waals surface area contributed by atoms with Crippen molar-refractivity contribution in [3.63, 3.8) is 0 Å². The van der Waals surface area contributed by atoms with E-state index in [1.165, 1.54) is 10.7 Å². The molecule has 2 rings (SSSR count). The summed E-state index contributed by atoms with van der Waals surface area (Å²) in [5.74, 6) is 0.113. The average molecular weight is 472 g/mol. The SMILES string of the molecule is COCCNCCNC(=O)Cc1c(C)nn(-c2ccc(C(F)(F)F)cn2)c1C.Cl.Cl. The molecule has 0 unspecified atom stereocenters. The summed E-state index contributed by atoms with van der Waals surface area (Å²) in [6, 6.07) is 2.22. The van der Waals surface area contributed by atoms with Gasteiger partial charge in [-0.05, 0) is 26.0 Å². The summed E-state index contributed by atoms with van der Waals surface area (Å²) in [5, 5.41) is 10.3. The van der Waals surface area contributed by atoms with Crippen LogP contribution in [-0.2, 0) is 22.1 Å². The second-order valence-corrected chi connectivity index (χ2v) is 6.23. The molecule has 30 heavy (non-hydrogen) atoms. The third-order valence-corrected chi connectivity index (χ3v) is 4.18. The number of ether oxygens (including phenoxy) is 1. The molecule has 0 atom stereocenters. The highest BCUT2D eigenvalue weighted by Gasteiger charge is 2.30. The van der Waals surface area contributed by atoms with E-state index in [-0.39, 0.29) is 43.0 Å². The van der Waals surface area contributed by atoms with Crippen molar-refractivity contribution in [3.8, 4) is 5.82 Å². The predicted molar refractivity (Wildman–Crippen MR) is 112 cm³/mol. The number of nitrogens with one attached hydrogen (secondary N) is 2. The van der Waals surface area contributed by atoms with Crippen molar-refractivity contribution in [2.45, 2.75) is 26.4 Å². The molecule has 170 valence electrons. The molecule has 7 nitrogen and oxygen atoms in total. The van der Waals surface area contributed by atoms with Crippen LogP contribution in [0.4, 0.5) is 13.2 Å². The molecule has 2 heterocycles. The number of aromatic nitrogens is 3. The molecule has 0 aromatic carbocycles. The van der Waals surface area contributed by atoms with Crippen LogP contribution in [-0.4, -0.2) is 54.0 Å². The molecule has 0 fully saturated rings. The van der Waals surface area contributed by atoms with E-state index in [0.29, 0.717) is 37.6 Å². The molecule has 0 saturated carbocycles. The van der Waals surface area contributed by atoms with Gasteiger partial charge in [-0.1, -0.05) is 0 Å². The molecule has 0 saturated heterocycles. The number of halogens is 5. The maximum atomic E-state index is 12.7. The smallest absolute Gasteiger partial charge is 0.383 e. The Bertz CT molecular complexity index is 798. The normalized spacial score (nSPS) is 10.9. The quantitative estimate of drug-likeness (QED) is 0.549. The molecular weight excluding hydrogens is 446 g/mol. The van der Waals surface area contributed by atoms with Crippen molar-refractivity contribution < 1.29 is 22.7 Å². The van der Waals surface area contributed by atoms with Crippen LogP contribution in [0.5, 0.6) is 0 Å². The average Bonchev–Trinajstić information content (AvgIpc) is 2.92. The minimum Gasteiger partial charge on any atom is -0.383 e. The largest absolute Gasteiger partial charge is 0.417 e. The van der Waals surface area contributed by atoms with Crippen molar-refractivity contribution in [3.05, 3.63) is 40.8 Å². The highest BCUT2D eigenvalue weighted by atomic mass is 35.5. The van der Waals surface area contributed by atoms with E-state index < -0.39 is 11.7 Å². The predicted octanol–water partition coefficient (Wildman–Crippen LogP) is 2.64. The number of rotatable bonds is 9. The second kappa shape index (κ2) is 12.7. The number of carbonyl (C=O) groups excluding carboxylic acids is 1. The summed E-state index contributed by atoms with van der Waals surface area (Å²) in [7, 11) is 1.62. The summed E-state index contributed by atoms with van der Waals surface area (Å²) in [5.41, 5.74) is 1.20. The van der Waals surface area contributed by atoms with Crippen molar-refractivity contribution >= 4 is 30.7 Å². The molecule has 0 radical (unpaired) electrons. The highest BCUT2D eigenvalue weighted by molar-refractivity contribution is 5.85. The maximum Gasteiger partial charge on any atom is 0.417 e. The molecule has 0 aliphatic carbocycles. The molecule has 12 heteroatoms. The van der Waals surface area contributed by atoms with Gasteiger partial charge in [0.1, 0.15) is 0 Å². The van der Waals surface area contributed by atoms with Gasteiger partial charge in [-0.2, -0.15) is 18.3 Å². The van der Waals surface area contributed by atoms with Gasteiger partial charge in [-0.25, -0.2) is 9.67 Å². The van der Waals surface area contributed by atoms with E-state index in [2.05, 4.69) is 20.7 Å². The van der Waals surface area contributed by atoms with Crippen LogP contribution < -0.4 is 10.6 Å². The van der Waals surface area contributed by atoms with Crippen LogP contribution in [0, 0.1) is 13.8 Å². The summed E-state index contributed by atoms with van der Waals surface area (Å²) in [4.78, 5) is 16.0. The standard InChI is InChI=1S/C18H24F3N5O2.2ClH/c1-12-15(10-17(27)23-7-6-22-8-9-28-3)13(2)26(25-12)16-5-4-14(11-24-16)18(19,20)21;;/h4-5,11,22H,6-10H2,1-3H3,(H,23,27);2*1H. The van der Waals surface area contributed by atoms with Gasteiger partial charge in [0.05, 0.1) is 24.3 Å². The lowest BCUT2D eigenvalue weighted by Crippen LogP contribution is -2.34. The van der Waals surface area contributed by atoms with E-state index in [1.54, 1.807) is 21.0 Å². The van der Waals surface area contributed by atoms with Crippen LogP contribution in [0.25, 0.3) is 5.82 Å². The number of methoxy groups -OCH3 is 1. The lowest BCUT2D eigenvalue weighted by Gasteiger charge is -2.09. The number of carbonyl (C=O) groups is 1. The molecule has 0 aliphatic heterocycles. The summed E-state index contributed by atoms with van der Waals surface area (Å²) in [6.07, 6.45) is -3.53. The molecule has 2 N–H and O–H groups in total. The van der Waals surface area contributed by atoms with E-state index in [4.69, 9.17) is 4.74 Å². The zero-order valence-corrected chi connectivity index (χ0v) is 18.5. The first-order valence-electron chi connectivity index (χ1n) is 8.79. The Morgan fingerprint density at radius 1 is 1.17 bits per heavy atom. The van der Waals surface area contributed by atoms with Crippen molar-refractivity contribution in [1.29, 1.82) is 0 Å². The summed E-state index contributed by atoms with van der Waals surface area (Å²) in [6.45, 7) is 5.93. The van der Waals surface area contributed by atoms with Gasteiger partial charge in [-0.3, -0.25) is 4.79 Å². The molecule has 2 aromatic heterocycles.